The molecule has 2 N–H and O–H groups in total. The number of carbonyl (C=O) groups is 1. The van der Waals surface area contributed by atoms with Crippen LogP contribution >= 0.6 is 0 Å². The van der Waals surface area contributed by atoms with Gasteiger partial charge in [0.2, 0.25) is 0 Å². The van der Waals surface area contributed by atoms with E-state index in [1.165, 1.54) is 23.4 Å². The maximum atomic E-state index is 13.1. The number of ether oxygens (including phenoxy) is 1. The monoisotopic (exact) mass is 436 g/mol. The number of aromatic nitrogens is 4. The molecule has 1 unspecified atom stereocenters. The van der Waals surface area contributed by atoms with Gasteiger partial charge < -0.3 is 20.1 Å². The van der Waals surface area contributed by atoms with Crippen molar-refractivity contribution in [3.63, 3.8) is 0 Å². The van der Waals surface area contributed by atoms with E-state index < -0.39 is 24.7 Å². The summed E-state index contributed by atoms with van der Waals surface area (Å²) in [4.78, 5) is 22.4. The first-order chi connectivity index (χ1) is 14.8. The summed E-state index contributed by atoms with van der Waals surface area (Å²) in [6, 6.07) is 6.35. The van der Waals surface area contributed by atoms with Crippen LogP contribution in [0.2, 0.25) is 0 Å². The lowest BCUT2D eigenvalue weighted by molar-refractivity contribution is -0.141. The highest BCUT2D eigenvalue weighted by atomic mass is 19.4. The number of carbonyl (C=O) groups excluding carboxylic acids is 1. The van der Waals surface area contributed by atoms with Gasteiger partial charge in [0.1, 0.15) is 18.1 Å². The van der Waals surface area contributed by atoms with E-state index in [0.29, 0.717) is 11.2 Å². The molecule has 0 aliphatic carbocycles. The summed E-state index contributed by atoms with van der Waals surface area (Å²) in [6.07, 6.45) is -2.52. The number of aliphatic hydroxyl groups excluding tert-OH is 1. The van der Waals surface area contributed by atoms with E-state index in [1.807, 2.05) is 0 Å². The quantitative estimate of drug-likeness (QED) is 0.644. The molecule has 1 fully saturated rings. The standard InChI is InChI=1S/C19H19F3N6O3/c20-19(21,22)11-28-15-7-14(18(30)27-5-6-31-10-12(29)9-27)24-8-13(15)17(26-28)25-16-3-1-2-4-23-16/h1-4,7-8,12,29H,5-6,9-11H2,(H,23,25,26). The van der Waals surface area contributed by atoms with Crippen molar-refractivity contribution in [1.82, 2.24) is 24.6 Å². The molecule has 1 aliphatic rings. The molecule has 3 aromatic heterocycles. The number of anilines is 2. The largest absolute Gasteiger partial charge is 0.408 e. The minimum Gasteiger partial charge on any atom is -0.389 e. The number of hydrogen-bond acceptors (Lipinski definition) is 7. The van der Waals surface area contributed by atoms with E-state index >= 15 is 0 Å². The van der Waals surface area contributed by atoms with Gasteiger partial charge in [-0.1, -0.05) is 6.07 Å². The van der Waals surface area contributed by atoms with Gasteiger partial charge in [0, 0.05) is 25.5 Å². The van der Waals surface area contributed by atoms with Crippen LogP contribution in [0.3, 0.4) is 0 Å². The molecule has 0 bridgehead atoms. The predicted molar refractivity (Wildman–Crippen MR) is 104 cm³/mol. The SMILES string of the molecule is O=C(c1cc2c(cn1)c(Nc1ccccn1)nn2CC(F)(F)F)N1CCOCC(O)C1. The predicted octanol–water partition coefficient (Wildman–Crippen LogP) is 1.97. The number of aliphatic hydroxyl groups is 1. The molecule has 4 heterocycles. The van der Waals surface area contributed by atoms with Gasteiger partial charge in [0.15, 0.2) is 5.82 Å². The highest BCUT2D eigenvalue weighted by Crippen LogP contribution is 2.28. The summed E-state index contributed by atoms with van der Waals surface area (Å²) in [5.74, 6) is 0.0354. The van der Waals surface area contributed by atoms with E-state index in [1.54, 1.807) is 18.2 Å². The van der Waals surface area contributed by atoms with Crippen molar-refractivity contribution in [2.24, 2.45) is 0 Å². The number of pyridine rings is 2. The van der Waals surface area contributed by atoms with Gasteiger partial charge in [-0.05, 0) is 18.2 Å². The molecule has 4 rings (SSSR count). The van der Waals surface area contributed by atoms with E-state index in [0.717, 1.165) is 4.68 Å². The lowest BCUT2D eigenvalue weighted by Crippen LogP contribution is -2.38. The Morgan fingerprint density at radius 2 is 2.16 bits per heavy atom. The first kappa shape index (κ1) is 21.0. The molecule has 1 aliphatic heterocycles. The Balaban J connectivity index is 1.71. The zero-order chi connectivity index (χ0) is 22.0. The van der Waals surface area contributed by atoms with Crippen molar-refractivity contribution < 1.29 is 27.8 Å². The van der Waals surface area contributed by atoms with Gasteiger partial charge >= 0.3 is 6.18 Å². The lowest BCUT2D eigenvalue weighted by Gasteiger charge is -2.20. The van der Waals surface area contributed by atoms with E-state index in [9.17, 15) is 23.1 Å². The topological polar surface area (TPSA) is 105 Å². The minimum absolute atomic E-state index is 0.0469. The fourth-order valence-corrected chi connectivity index (χ4v) is 3.27. The summed E-state index contributed by atoms with van der Waals surface area (Å²) in [5.41, 5.74) is 0.0510. The van der Waals surface area contributed by atoms with Gasteiger partial charge in [-0.25, -0.2) is 4.98 Å². The van der Waals surface area contributed by atoms with Crippen LogP contribution in [0, 0.1) is 0 Å². The molecule has 0 saturated carbocycles. The normalized spacial score (nSPS) is 17.5. The Bertz CT molecular complexity index is 1070. The van der Waals surface area contributed by atoms with Crippen LogP contribution in [0.25, 0.3) is 10.9 Å². The van der Waals surface area contributed by atoms with Gasteiger partial charge in [0.25, 0.3) is 5.91 Å². The second-order valence-corrected chi connectivity index (χ2v) is 7.03. The van der Waals surface area contributed by atoms with Gasteiger partial charge in [0.05, 0.1) is 30.2 Å². The Labute approximate surface area is 174 Å². The van der Waals surface area contributed by atoms with Crippen LogP contribution in [0.1, 0.15) is 10.5 Å². The van der Waals surface area contributed by atoms with Crippen LogP contribution in [0.4, 0.5) is 24.8 Å². The van der Waals surface area contributed by atoms with Crippen molar-refractivity contribution in [2.45, 2.75) is 18.8 Å². The molecule has 0 radical (unpaired) electrons. The maximum Gasteiger partial charge on any atom is 0.408 e. The number of hydrogen-bond donors (Lipinski definition) is 2. The maximum absolute atomic E-state index is 13.1. The Hall–Kier alpha value is -3.25. The van der Waals surface area contributed by atoms with E-state index in [2.05, 4.69) is 20.4 Å². The van der Waals surface area contributed by atoms with Gasteiger partial charge in [-0.2, -0.15) is 18.3 Å². The minimum atomic E-state index is -4.51. The third-order valence-corrected chi connectivity index (χ3v) is 4.63. The van der Waals surface area contributed by atoms with Crippen molar-refractivity contribution in [2.75, 3.05) is 31.6 Å². The first-order valence-corrected chi connectivity index (χ1v) is 9.46. The molecule has 0 spiro atoms. The number of β-amino-alcohol motifs (C(OH)–C–C–N with tert-alkyl or cyclic N) is 1. The van der Waals surface area contributed by atoms with Gasteiger partial charge in [-0.3, -0.25) is 14.5 Å². The van der Waals surface area contributed by atoms with Crippen LogP contribution in [0.5, 0.6) is 0 Å². The third kappa shape index (κ3) is 4.91. The Kier molecular flexibility index (Phi) is 5.74. The number of alkyl halides is 3. The average Bonchev–Trinajstić information content (AvgIpc) is 2.90. The zero-order valence-corrected chi connectivity index (χ0v) is 16.2. The number of fused-ring (bicyclic) bond motifs is 1. The van der Waals surface area contributed by atoms with Crippen LogP contribution in [0.15, 0.2) is 36.7 Å². The third-order valence-electron chi connectivity index (χ3n) is 4.63. The smallest absolute Gasteiger partial charge is 0.389 e. The first-order valence-electron chi connectivity index (χ1n) is 9.46. The Morgan fingerprint density at radius 3 is 2.90 bits per heavy atom. The zero-order valence-electron chi connectivity index (χ0n) is 16.2. The van der Waals surface area contributed by atoms with Crippen LogP contribution < -0.4 is 5.32 Å². The number of rotatable bonds is 4. The molecule has 1 saturated heterocycles. The lowest BCUT2D eigenvalue weighted by atomic mass is 10.2. The Morgan fingerprint density at radius 1 is 1.32 bits per heavy atom. The molecule has 0 aromatic carbocycles. The van der Waals surface area contributed by atoms with Crippen molar-refractivity contribution in [3.8, 4) is 0 Å². The second kappa shape index (κ2) is 8.47. The highest BCUT2D eigenvalue weighted by molar-refractivity contribution is 5.98. The van der Waals surface area contributed by atoms with E-state index in [-0.39, 0.29) is 43.3 Å². The van der Waals surface area contributed by atoms with Crippen molar-refractivity contribution in [3.05, 3.63) is 42.4 Å². The summed E-state index contributed by atoms with van der Waals surface area (Å²) in [5, 5.41) is 17.1. The molecule has 31 heavy (non-hydrogen) atoms. The molecular weight excluding hydrogens is 417 g/mol. The molecular formula is C19H19F3N6O3. The molecule has 12 heteroatoms. The van der Waals surface area contributed by atoms with Crippen LogP contribution in [-0.4, -0.2) is 74.2 Å². The summed E-state index contributed by atoms with van der Waals surface area (Å²) < 4.78 is 45.3. The fraction of sp³-hybridized carbons (Fsp3) is 0.368. The summed E-state index contributed by atoms with van der Waals surface area (Å²) >= 11 is 0. The number of amides is 1. The average molecular weight is 436 g/mol. The van der Waals surface area contributed by atoms with Crippen molar-refractivity contribution >= 4 is 28.4 Å². The fourth-order valence-electron chi connectivity index (χ4n) is 3.27. The summed E-state index contributed by atoms with van der Waals surface area (Å²) in [6.45, 7) is -0.690. The van der Waals surface area contributed by atoms with Gasteiger partial charge in [-0.15, -0.1) is 0 Å². The molecule has 1 atom stereocenters. The van der Waals surface area contributed by atoms with E-state index in [4.69, 9.17) is 4.74 Å². The summed E-state index contributed by atoms with van der Waals surface area (Å²) in [7, 11) is 0. The van der Waals surface area contributed by atoms with Crippen molar-refractivity contribution in [1.29, 1.82) is 0 Å². The number of nitrogens with zero attached hydrogens (tertiary/aromatic N) is 5. The molecule has 9 nitrogen and oxygen atoms in total. The second-order valence-electron chi connectivity index (χ2n) is 7.03. The number of nitrogens with one attached hydrogen (secondary N) is 1. The van der Waals surface area contributed by atoms with Crippen LogP contribution in [-0.2, 0) is 11.3 Å². The number of halogens is 3. The molecule has 3 aromatic rings. The highest BCUT2D eigenvalue weighted by Gasteiger charge is 2.31. The molecule has 164 valence electrons. The molecule has 1 amide bonds.